The molecule has 0 fully saturated rings. The van der Waals surface area contributed by atoms with Gasteiger partial charge in [-0.2, -0.15) is 0 Å². The van der Waals surface area contributed by atoms with E-state index in [-0.39, 0.29) is 35.3 Å². The zero-order valence-electron chi connectivity index (χ0n) is 13.2. The maximum absolute atomic E-state index is 7.82. The number of hydrogen-bond acceptors (Lipinski definition) is 0. The zero-order valence-corrected chi connectivity index (χ0v) is 6.23. The smallest absolute Gasteiger partial charge is 0.0622 e. The van der Waals surface area contributed by atoms with E-state index in [0.29, 0.717) is 0 Å². The van der Waals surface area contributed by atoms with Crippen LogP contribution < -0.4 is 0 Å². The standard InChI is InChI=1S/C12H10/c1-3-7-11(8-4-1)12-9-5-2-6-10-12/h1-10H/i1D,3D,4D,5D,7D,8D,9D. The molecule has 0 N–H and O–H groups in total. The van der Waals surface area contributed by atoms with Crippen molar-refractivity contribution < 1.29 is 9.60 Å². The second-order valence-electron chi connectivity index (χ2n) is 2.21. The fraction of sp³-hybridized carbons (Fsp3) is 0. The van der Waals surface area contributed by atoms with Crippen LogP contribution in [0.3, 0.4) is 0 Å². The maximum atomic E-state index is 7.82. The molecular formula is C12H10. The van der Waals surface area contributed by atoms with Crippen molar-refractivity contribution in [1.29, 1.82) is 0 Å². The molecule has 2 aromatic carbocycles. The molecule has 0 saturated carbocycles. The van der Waals surface area contributed by atoms with Gasteiger partial charge in [-0.15, -0.1) is 0 Å². The van der Waals surface area contributed by atoms with Gasteiger partial charge in [0, 0.05) is 0 Å². The third kappa shape index (κ3) is 1.37. The van der Waals surface area contributed by atoms with Crippen molar-refractivity contribution in [3.63, 3.8) is 0 Å². The molecule has 0 atom stereocenters. The van der Waals surface area contributed by atoms with Crippen LogP contribution in [-0.4, -0.2) is 0 Å². The number of benzene rings is 2. The third-order valence-corrected chi connectivity index (χ3v) is 1.42. The molecule has 0 nitrogen and oxygen atoms in total. The Morgan fingerprint density at radius 3 is 2.33 bits per heavy atom. The summed E-state index contributed by atoms with van der Waals surface area (Å²) in [6, 6.07) is 2.16. The molecule has 0 heteroatoms. The summed E-state index contributed by atoms with van der Waals surface area (Å²) in [5.41, 5.74) is 0.134. The lowest BCUT2D eigenvalue weighted by atomic mass is 10.1. The summed E-state index contributed by atoms with van der Waals surface area (Å²) in [5, 5.41) is 0. The molecule has 0 bridgehead atoms. The van der Waals surface area contributed by atoms with Crippen LogP contribution in [0, 0.1) is 0 Å². The SMILES string of the molecule is [2H]c1cccc(-c2c([2H])c([2H])c([2H])c([2H])c2[2H])c1[2H]. The lowest BCUT2D eigenvalue weighted by Crippen LogP contribution is -1.73. The maximum Gasteiger partial charge on any atom is 0.0629 e. The van der Waals surface area contributed by atoms with Crippen molar-refractivity contribution in [1.82, 2.24) is 0 Å². The summed E-state index contributed by atoms with van der Waals surface area (Å²) in [5.74, 6) is 0. The Morgan fingerprint density at radius 1 is 0.750 bits per heavy atom. The van der Waals surface area contributed by atoms with Gasteiger partial charge >= 0.3 is 0 Å². The Kier molecular flexibility index (Phi) is 0.735. The van der Waals surface area contributed by atoms with Crippen molar-refractivity contribution in [3.8, 4) is 11.1 Å². The Labute approximate surface area is 82.3 Å². The van der Waals surface area contributed by atoms with E-state index in [4.69, 9.17) is 9.60 Å². The second-order valence-corrected chi connectivity index (χ2v) is 2.21. The van der Waals surface area contributed by atoms with E-state index < -0.39 is 18.1 Å². The predicted molar refractivity (Wildman–Crippen MR) is 51.9 cm³/mol. The molecule has 0 radical (unpaired) electrons. The van der Waals surface area contributed by atoms with Gasteiger partial charge in [-0.25, -0.2) is 0 Å². The summed E-state index contributed by atoms with van der Waals surface area (Å²) in [6.07, 6.45) is 0. The van der Waals surface area contributed by atoms with Crippen molar-refractivity contribution in [2.24, 2.45) is 0 Å². The van der Waals surface area contributed by atoms with Crippen LogP contribution in [-0.2, 0) is 0 Å². The van der Waals surface area contributed by atoms with E-state index in [2.05, 4.69) is 0 Å². The van der Waals surface area contributed by atoms with E-state index in [1.807, 2.05) is 0 Å². The quantitative estimate of drug-likeness (QED) is 0.601. The minimum Gasteiger partial charge on any atom is -0.0622 e. The highest BCUT2D eigenvalue weighted by molar-refractivity contribution is 5.62. The average molecular weight is 161 g/mol. The lowest BCUT2D eigenvalue weighted by Gasteiger charge is -1.98. The Hall–Kier alpha value is -1.56. The molecule has 0 aliphatic heterocycles. The fourth-order valence-electron chi connectivity index (χ4n) is 0.884. The van der Waals surface area contributed by atoms with Crippen LogP contribution in [0.15, 0.2) is 60.5 Å². The van der Waals surface area contributed by atoms with E-state index in [9.17, 15) is 0 Å². The minimum absolute atomic E-state index is 0.0369. The van der Waals surface area contributed by atoms with Gasteiger partial charge in [-0.05, 0) is 11.1 Å². The highest BCUT2D eigenvalue weighted by atomic mass is 14.0. The predicted octanol–water partition coefficient (Wildman–Crippen LogP) is 3.35. The van der Waals surface area contributed by atoms with Crippen LogP contribution in [0.5, 0.6) is 0 Å². The highest BCUT2D eigenvalue weighted by Gasteiger charge is 1.91. The molecule has 0 unspecified atom stereocenters. The fourth-order valence-corrected chi connectivity index (χ4v) is 0.884. The first-order valence-corrected chi connectivity index (χ1v) is 3.49. The first-order valence-electron chi connectivity index (χ1n) is 6.99. The summed E-state index contributed by atoms with van der Waals surface area (Å²) in [4.78, 5) is 0. The molecule has 12 heavy (non-hydrogen) atoms. The highest BCUT2D eigenvalue weighted by Crippen LogP contribution is 2.17. The largest absolute Gasteiger partial charge is 0.0629 e. The minimum atomic E-state index is -0.465. The van der Waals surface area contributed by atoms with Gasteiger partial charge in [-0.1, -0.05) is 60.5 Å². The van der Waals surface area contributed by atoms with Crippen LogP contribution in [0.4, 0.5) is 0 Å². The molecule has 0 aromatic heterocycles. The summed E-state index contributed by atoms with van der Waals surface area (Å²) in [7, 11) is 0. The van der Waals surface area contributed by atoms with Gasteiger partial charge in [0.05, 0.1) is 9.60 Å². The summed E-state index contributed by atoms with van der Waals surface area (Å²) in [6.45, 7) is 0. The van der Waals surface area contributed by atoms with Crippen molar-refractivity contribution in [3.05, 3.63) is 60.5 Å². The first kappa shape index (κ1) is 2.74. The van der Waals surface area contributed by atoms with E-state index in [1.54, 1.807) is 0 Å². The monoisotopic (exact) mass is 161 g/mol. The Morgan fingerprint density at radius 2 is 1.50 bits per heavy atom. The lowest BCUT2D eigenvalue weighted by molar-refractivity contribution is 1.62. The van der Waals surface area contributed by atoms with Crippen molar-refractivity contribution in [2.45, 2.75) is 0 Å². The molecule has 0 spiro atoms. The van der Waals surface area contributed by atoms with Crippen LogP contribution >= 0.6 is 0 Å². The zero-order chi connectivity index (χ0) is 14.3. The molecule has 0 amide bonds. The first-order chi connectivity index (χ1) is 8.86. The molecule has 0 aliphatic rings. The number of hydrogen-bond donors (Lipinski definition) is 0. The van der Waals surface area contributed by atoms with Gasteiger partial charge in [0.25, 0.3) is 0 Å². The molecule has 0 heterocycles. The average Bonchev–Trinajstić information content (AvgIpc) is 2.39. The summed E-state index contributed by atoms with van der Waals surface area (Å²) >= 11 is 0. The van der Waals surface area contributed by atoms with Gasteiger partial charge in [0.15, 0.2) is 0 Å². The Balaban J connectivity index is 2.87. The van der Waals surface area contributed by atoms with E-state index >= 15 is 0 Å². The third-order valence-electron chi connectivity index (χ3n) is 1.42. The van der Waals surface area contributed by atoms with E-state index in [1.165, 1.54) is 18.2 Å². The number of rotatable bonds is 1. The second kappa shape index (κ2) is 3.22. The normalized spacial score (nSPS) is 17.8. The molecule has 2 aromatic rings. The van der Waals surface area contributed by atoms with Gasteiger partial charge in [0.1, 0.15) is 0 Å². The van der Waals surface area contributed by atoms with E-state index in [0.717, 1.165) is 0 Å². The van der Waals surface area contributed by atoms with Crippen LogP contribution in [0.2, 0.25) is 0 Å². The molecule has 58 valence electrons. The molecular weight excluding hydrogens is 144 g/mol. The van der Waals surface area contributed by atoms with Gasteiger partial charge in [0.2, 0.25) is 0 Å². The summed E-state index contributed by atoms with van der Waals surface area (Å²) < 4.78 is 53.7. The van der Waals surface area contributed by atoms with Crippen LogP contribution in [0.25, 0.3) is 11.1 Å². The topological polar surface area (TPSA) is 0 Å². The Bertz CT molecular complexity index is 635. The molecule has 2 rings (SSSR count). The van der Waals surface area contributed by atoms with Crippen LogP contribution in [0.1, 0.15) is 9.60 Å². The molecule has 0 aliphatic carbocycles. The molecule has 0 saturated heterocycles. The van der Waals surface area contributed by atoms with Crippen molar-refractivity contribution >= 4 is 0 Å². The van der Waals surface area contributed by atoms with Gasteiger partial charge < -0.3 is 0 Å². The van der Waals surface area contributed by atoms with Crippen molar-refractivity contribution in [2.75, 3.05) is 0 Å². The van der Waals surface area contributed by atoms with Gasteiger partial charge in [-0.3, -0.25) is 0 Å².